The summed E-state index contributed by atoms with van der Waals surface area (Å²) >= 11 is 3.32. The maximum Gasteiger partial charge on any atom is 0.271 e. The van der Waals surface area contributed by atoms with Gasteiger partial charge in [-0.3, -0.25) is 14.9 Å². The van der Waals surface area contributed by atoms with E-state index in [1.807, 2.05) is 6.92 Å². The van der Waals surface area contributed by atoms with E-state index in [1.165, 1.54) is 18.2 Å². The molecule has 7 heteroatoms. The number of nitro benzene ring substituents is 1. The molecule has 2 rings (SSSR count). The van der Waals surface area contributed by atoms with E-state index < -0.39 is 10.8 Å². The molecule has 0 saturated carbocycles. The minimum absolute atomic E-state index is 0.0838. The van der Waals surface area contributed by atoms with Crippen molar-refractivity contribution < 1.29 is 14.5 Å². The topological polar surface area (TPSA) is 81.5 Å². The van der Waals surface area contributed by atoms with Gasteiger partial charge in [0, 0.05) is 22.3 Å². The molecule has 2 aromatic carbocycles. The van der Waals surface area contributed by atoms with Gasteiger partial charge in [-0.1, -0.05) is 28.9 Å². The number of ether oxygens (including phenoxy) is 1. The van der Waals surface area contributed by atoms with E-state index in [4.69, 9.17) is 4.74 Å². The molecule has 0 unspecified atom stereocenters. The standard InChI is InChI=1S/C16H15BrN2O4/c1-2-8-23-15-7-6-11(17)9-14(15)16(20)18-12-4-3-5-13(10-12)19(21)22/h3-7,9-10H,2,8H2,1H3,(H,18,20). The second kappa shape index (κ2) is 7.73. The number of non-ortho nitro benzene ring substituents is 1. The molecule has 0 bridgehead atoms. The van der Waals surface area contributed by atoms with Crippen LogP contribution in [0.5, 0.6) is 5.75 Å². The van der Waals surface area contributed by atoms with Crippen LogP contribution in [0.2, 0.25) is 0 Å². The minimum Gasteiger partial charge on any atom is -0.493 e. The smallest absolute Gasteiger partial charge is 0.271 e. The highest BCUT2D eigenvalue weighted by Crippen LogP contribution is 2.25. The number of hydrogen-bond donors (Lipinski definition) is 1. The first kappa shape index (κ1) is 17.0. The van der Waals surface area contributed by atoms with E-state index in [-0.39, 0.29) is 5.69 Å². The Morgan fingerprint density at radius 2 is 2.09 bits per heavy atom. The number of halogens is 1. The van der Waals surface area contributed by atoms with Gasteiger partial charge in [0.15, 0.2) is 0 Å². The van der Waals surface area contributed by atoms with Crippen LogP contribution in [0, 0.1) is 10.1 Å². The Labute approximate surface area is 141 Å². The molecule has 0 radical (unpaired) electrons. The molecular formula is C16H15BrN2O4. The van der Waals surface area contributed by atoms with Crippen LogP contribution in [0.4, 0.5) is 11.4 Å². The fourth-order valence-corrected chi connectivity index (χ4v) is 2.27. The first-order valence-corrected chi connectivity index (χ1v) is 7.78. The number of hydrogen-bond acceptors (Lipinski definition) is 4. The van der Waals surface area contributed by atoms with Crippen LogP contribution in [0.15, 0.2) is 46.9 Å². The first-order chi connectivity index (χ1) is 11.0. The number of nitrogens with zero attached hydrogens (tertiary/aromatic N) is 1. The molecule has 0 aliphatic rings. The summed E-state index contributed by atoms with van der Waals surface area (Å²) in [6.07, 6.45) is 0.821. The van der Waals surface area contributed by atoms with Gasteiger partial charge in [-0.2, -0.15) is 0 Å². The van der Waals surface area contributed by atoms with E-state index in [0.29, 0.717) is 23.6 Å². The van der Waals surface area contributed by atoms with Crippen LogP contribution >= 0.6 is 15.9 Å². The highest BCUT2D eigenvalue weighted by molar-refractivity contribution is 9.10. The third kappa shape index (κ3) is 4.53. The van der Waals surface area contributed by atoms with Crippen LogP contribution < -0.4 is 10.1 Å². The SMILES string of the molecule is CCCOc1ccc(Br)cc1C(=O)Nc1cccc([N+](=O)[O-])c1. The Bertz CT molecular complexity index is 734. The first-order valence-electron chi connectivity index (χ1n) is 6.99. The molecule has 0 spiro atoms. The van der Waals surface area contributed by atoms with E-state index >= 15 is 0 Å². The van der Waals surface area contributed by atoms with Gasteiger partial charge in [0.25, 0.3) is 11.6 Å². The molecule has 6 nitrogen and oxygen atoms in total. The normalized spacial score (nSPS) is 10.2. The van der Waals surface area contributed by atoms with Crippen molar-refractivity contribution in [2.24, 2.45) is 0 Å². The lowest BCUT2D eigenvalue weighted by molar-refractivity contribution is -0.384. The van der Waals surface area contributed by atoms with Gasteiger partial charge < -0.3 is 10.1 Å². The van der Waals surface area contributed by atoms with Gasteiger partial charge in [-0.15, -0.1) is 0 Å². The summed E-state index contributed by atoms with van der Waals surface area (Å²) in [5, 5.41) is 13.4. The summed E-state index contributed by atoms with van der Waals surface area (Å²) in [7, 11) is 0. The lowest BCUT2D eigenvalue weighted by Gasteiger charge is -2.11. The molecule has 1 amide bonds. The third-order valence-corrected chi connectivity index (χ3v) is 3.46. The quantitative estimate of drug-likeness (QED) is 0.596. The molecule has 1 N–H and O–H groups in total. The Kier molecular flexibility index (Phi) is 5.70. The van der Waals surface area contributed by atoms with Gasteiger partial charge in [-0.05, 0) is 30.7 Å². The number of benzene rings is 2. The Balaban J connectivity index is 2.25. The summed E-state index contributed by atoms with van der Waals surface area (Å²) in [4.78, 5) is 22.7. The van der Waals surface area contributed by atoms with Crippen LogP contribution in [0.25, 0.3) is 0 Å². The molecule has 0 heterocycles. The van der Waals surface area contributed by atoms with E-state index in [1.54, 1.807) is 24.3 Å². The number of carbonyl (C=O) groups is 1. The van der Waals surface area contributed by atoms with Crippen molar-refractivity contribution in [3.8, 4) is 5.75 Å². The molecule has 2 aromatic rings. The zero-order valence-corrected chi connectivity index (χ0v) is 14.0. The van der Waals surface area contributed by atoms with Crippen molar-refractivity contribution in [3.63, 3.8) is 0 Å². The van der Waals surface area contributed by atoms with Gasteiger partial charge in [-0.25, -0.2) is 0 Å². The average molecular weight is 379 g/mol. The molecule has 0 saturated heterocycles. The van der Waals surface area contributed by atoms with E-state index in [2.05, 4.69) is 21.2 Å². The number of anilines is 1. The predicted octanol–water partition coefficient (Wildman–Crippen LogP) is 4.40. The van der Waals surface area contributed by atoms with Crippen molar-refractivity contribution in [1.82, 2.24) is 0 Å². The predicted molar refractivity (Wildman–Crippen MR) is 91.0 cm³/mol. The molecule has 23 heavy (non-hydrogen) atoms. The molecule has 0 aliphatic carbocycles. The fraction of sp³-hybridized carbons (Fsp3) is 0.188. The molecule has 120 valence electrons. The molecule has 0 aromatic heterocycles. The molecular weight excluding hydrogens is 364 g/mol. The van der Waals surface area contributed by atoms with Crippen molar-refractivity contribution >= 4 is 33.2 Å². The zero-order valence-electron chi connectivity index (χ0n) is 12.4. The van der Waals surface area contributed by atoms with Crippen molar-refractivity contribution in [1.29, 1.82) is 0 Å². The van der Waals surface area contributed by atoms with Crippen LogP contribution in [0.1, 0.15) is 23.7 Å². The van der Waals surface area contributed by atoms with Gasteiger partial charge in [0.05, 0.1) is 17.1 Å². The van der Waals surface area contributed by atoms with Crippen LogP contribution in [-0.4, -0.2) is 17.4 Å². The maximum atomic E-state index is 12.4. The Morgan fingerprint density at radius 1 is 1.30 bits per heavy atom. The molecule has 0 fully saturated rings. The monoisotopic (exact) mass is 378 g/mol. The van der Waals surface area contributed by atoms with Crippen molar-refractivity contribution in [2.75, 3.05) is 11.9 Å². The number of rotatable bonds is 6. The van der Waals surface area contributed by atoms with E-state index in [0.717, 1.165) is 10.9 Å². The summed E-state index contributed by atoms with van der Waals surface area (Å²) in [6, 6.07) is 10.9. The lowest BCUT2D eigenvalue weighted by atomic mass is 10.1. The summed E-state index contributed by atoms with van der Waals surface area (Å²) in [5.74, 6) is 0.0795. The molecule has 0 aliphatic heterocycles. The number of amides is 1. The average Bonchev–Trinajstić information content (AvgIpc) is 2.53. The summed E-state index contributed by atoms with van der Waals surface area (Å²) < 4.78 is 6.31. The third-order valence-electron chi connectivity index (χ3n) is 2.96. The van der Waals surface area contributed by atoms with Crippen molar-refractivity contribution in [3.05, 3.63) is 62.6 Å². The second-order valence-electron chi connectivity index (χ2n) is 4.75. The second-order valence-corrected chi connectivity index (χ2v) is 5.67. The Hall–Kier alpha value is -2.41. The van der Waals surface area contributed by atoms with Crippen molar-refractivity contribution in [2.45, 2.75) is 13.3 Å². The number of nitro groups is 1. The summed E-state index contributed by atoms with van der Waals surface area (Å²) in [6.45, 7) is 2.47. The van der Waals surface area contributed by atoms with Gasteiger partial charge in [0.1, 0.15) is 5.75 Å². The maximum absolute atomic E-state index is 12.4. The van der Waals surface area contributed by atoms with Crippen LogP contribution in [0.3, 0.4) is 0 Å². The minimum atomic E-state index is -0.509. The highest BCUT2D eigenvalue weighted by Gasteiger charge is 2.15. The number of nitrogens with one attached hydrogen (secondary N) is 1. The fourth-order valence-electron chi connectivity index (χ4n) is 1.91. The lowest BCUT2D eigenvalue weighted by Crippen LogP contribution is -2.14. The summed E-state index contributed by atoms with van der Waals surface area (Å²) in [5.41, 5.74) is 0.629. The number of carbonyl (C=O) groups excluding carboxylic acids is 1. The van der Waals surface area contributed by atoms with Crippen LogP contribution in [-0.2, 0) is 0 Å². The van der Waals surface area contributed by atoms with Gasteiger partial charge >= 0.3 is 0 Å². The Morgan fingerprint density at radius 3 is 2.78 bits per heavy atom. The largest absolute Gasteiger partial charge is 0.493 e. The molecule has 0 atom stereocenters. The van der Waals surface area contributed by atoms with E-state index in [9.17, 15) is 14.9 Å². The zero-order chi connectivity index (χ0) is 16.8. The van der Waals surface area contributed by atoms with Gasteiger partial charge in [0.2, 0.25) is 0 Å². The highest BCUT2D eigenvalue weighted by atomic mass is 79.9.